The van der Waals surface area contributed by atoms with Crippen LogP contribution >= 0.6 is 0 Å². The number of rotatable bonds is 7. The number of benzene rings is 1. The Labute approximate surface area is 148 Å². The fraction of sp³-hybridized carbons (Fsp3) is 0.417. The third-order valence-corrected chi connectivity index (χ3v) is 5.57. The van der Waals surface area contributed by atoms with Crippen molar-refractivity contribution in [3.05, 3.63) is 76.4 Å². The second-order valence-corrected chi connectivity index (χ2v) is 7.50. The third-order valence-electron chi connectivity index (χ3n) is 5.57. The fourth-order valence-corrected chi connectivity index (χ4v) is 3.16. The molecule has 1 aliphatic carbocycles. The van der Waals surface area contributed by atoms with Crippen LogP contribution in [0.15, 0.2) is 59.7 Å². The van der Waals surface area contributed by atoms with Crippen molar-refractivity contribution in [2.24, 2.45) is 5.41 Å². The van der Waals surface area contributed by atoms with Crippen LogP contribution < -0.4 is 0 Å². The summed E-state index contributed by atoms with van der Waals surface area (Å²) in [5, 5.41) is 0. The molecule has 0 heterocycles. The van der Waals surface area contributed by atoms with Crippen molar-refractivity contribution in [3.8, 4) is 0 Å². The molecule has 0 radical (unpaired) electrons. The summed E-state index contributed by atoms with van der Waals surface area (Å²) in [7, 11) is 0. The average Bonchev–Trinajstić information content (AvgIpc) is 3.24. The topological polar surface area (TPSA) is 0 Å². The molecule has 0 spiro atoms. The van der Waals surface area contributed by atoms with Gasteiger partial charge >= 0.3 is 0 Å². The van der Waals surface area contributed by atoms with Crippen LogP contribution in [0.4, 0.5) is 0 Å². The lowest BCUT2D eigenvalue weighted by Gasteiger charge is -2.16. The molecule has 0 bridgehead atoms. The van der Waals surface area contributed by atoms with Crippen LogP contribution in [0, 0.1) is 5.41 Å². The number of hydrogen-bond donors (Lipinski definition) is 0. The molecule has 0 heteroatoms. The minimum atomic E-state index is 0.0494. The van der Waals surface area contributed by atoms with E-state index in [-0.39, 0.29) is 5.41 Å². The van der Waals surface area contributed by atoms with Crippen molar-refractivity contribution in [1.82, 2.24) is 0 Å². The summed E-state index contributed by atoms with van der Waals surface area (Å²) in [6.07, 6.45) is 6.87. The Bertz CT molecular complexity index is 726. The summed E-state index contributed by atoms with van der Waals surface area (Å²) in [5.41, 5.74) is 9.20. The van der Waals surface area contributed by atoms with Gasteiger partial charge in [-0.2, -0.15) is 0 Å². The fourth-order valence-electron chi connectivity index (χ4n) is 3.16. The monoisotopic (exact) mass is 320 g/mol. The zero-order valence-corrected chi connectivity index (χ0v) is 16.3. The molecule has 2 unspecified atom stereocenters. The van der Waals surface area contributed by atoms with E-state index < -0.39 is 0 Å². The summed E-state index contributed by atoms with van der Waals surface area (Å²) in [5.74, 6) is 0.617. The normalized spacial score (nSPS) is 21.2. The predicted octanol–water partition coefficient (Wildman–Crippen LogP) is 7.24. The largest absolute Gasteiger partial charge is 0.0989 e. The van der Waals surface area contributed by atoms with Gasteiger partial charge in [-0.3, -0.25) is 0 Å². The molecular weight excluding hydrogens is 288 g/mol. The first-order valence-electron chi connectivity index (χ1n) is 9.14. The lowest BCUT2D eigenvalue weighted by atomic mass is 9.87. The van der Waals surface area contributed by atoms with Gasteiger partial charge in [-0.25, -0.2) is 0 Å². The van der Waals surface area contributed by atoms with E-state index in [4.69, 9.17) is 0 Å². The van der Waals surface area contributed by atoms with E-state index in [9.17, 15) is 0 Å². The maximum absolute atomic E-state index is 4.21. The van der Waals surface area contributed by atoms with Crippen molar-refractivity contribution >= 4 is 6.08 Å². The molecule has 128 valence electrons. The van der Waals surface area contributed by atoms with Crippen LogP contribution in [-0.4, -0.2) is 0 Å². The van der Waals surface area contributed by atoms with Crippen LogP contribution in [0.1, 0.15) is 70.6 Å². The molecule has 24 heavy (non-hydrogen) atoms. The van der Waals surface area contributed by atoms with E-state index >= 15 is 0 Å². The second kappa shape index (κ2) is 6.97. The first kappa shape index (κ1) is 18.5. The molecule has 0 N–H and O–H groups in total. The predicted molar refractivity (Wildman–Crippen MR) is 108 cm³/mol. The Kier molecular flexibility index (Phi) is 5.38. The molecule has 1 aromatic carbocycles. The number of allylic oxidation sites excluding steroid dienone is 5. The van der Waals surface area contributed by atoms with Gasteiger partial charge in [-0.05, 0) is 73.4 Å². The molecule has 0 aliphatic heterocycles. The Morgan fingerprint density at radius 3 is 2.33 bits per heavy atom. The van der Waals surface area contributed by atoms with Crippen LogP contribution in [0.25, 0.3) is 6.08 Å². The first-order valence-corrected chi connectivity index (χ1v) is 9.14. The molecule has 1 aromatic rings. The van der Waals surface area contributed by atoms with Crippen molar-refractivity contribution in [1.29, 1.82) is 0 Å². The maximum Gasteiger partial charge on any atom is 0.0317 e. The molecule has 1 aliphatic rings. The highest BCUT2D eigenvalue weighted by atomic mass is 14.4. The summed E-state index contributed by atoms with van der Waals surface area (Å²) < 4.78 is 0. The molecule has 0 saturated heterocycles. The molecule has 0 nitrogen and oxygen atoms in total. The summed E-state index contributed by atoms with van der Waals surface area (Å²) >= 11 is 0. The first-order chi connectivity index (χ1) is 11.2. The molecule has 2 atom stereocenters. The van der Waals surface area contributed by atoms with E-state index in [2.05, 4.69) is 85.1 Å². The second-order valence-electron chi connectivity index (χ2n) is 7.50. The summed E-state index contributed by atoms with van der Waals surface area (Å²) in [4.78, 5) is 0. The molecule has 0 fully saturated rings. The van der Waals surface area contributed by atoms with Gasteiger partial charge < -0.3 is 0 Å². The van der Waals surface area contributed by atoms with E-state index in [1.54, 1.807) is 0 Å². The lowest BCUT2D eigenvalue weighted by Crippen LogP contribution is -2.02. The van der Waals surface area contributed by atoms with E-state index in [0.717, 1.165) is 12.0 Å². The summed E-state index contributed by atoms with van der Waals surface area (Å²) in [6, 6.07) is 6.95. The third kappa shape index (κ3) is 3.48. The number of aryl methyl sites for hydroxylation is 1. The molecular formula is C24H32. The zero-order valence-electron chi connectivity index (χ0n) is 16.3. The van der Waals surface area contributed by atoms with Gasteiger partial charge in [0.25, 0.3) is 0 Å². The highest BCUT2D eigenvalue weighted by Gasteiger charge is 2.41. The van der Waals surface area contributed by atoms with Gasteiger partial charge in [0.2, 0.25) is 0 Å². The van der Waals surface area contributed by atoms with Gasteiger partial charge in [0.05, 0.1) is 0 Å². The Morgan fingerprint density at radius 2 is 1.88 bits per heavy atom. The van der Waals surface area contributed by atoms with Crippen molar-refractivity contribution in [2.45, 2.75) is 60.3 Å². The summed E-state index contributed by atoms with van der Waals surface area (Å²) in [6.45, 7) is 21.6. The minimum Gasteiger partial charge on any atom is -0.0989 e. The Morgan fingerprint density at radius 1 is 1.21 bits per heavy atom. The van der Waals surface area contributed by atoms with Gasteiger partial charge in [0.1, 0.15) is 0 Å². The van der Waals surface area contributed by atoms with Gasteiger partial charge in [0.15, 0.2) is 0 Å². The average molecular weight is 321 g/mol. The van der Waals surface area contributed by atoms with Crippen molar-refractivity contribution < 1.29 is 0 Å². The SMILES string of the molecule is C=C(C)/C(=C\c1ccc(C(C)CC)cc1CC)C1=CC1(C)C(=C)C. The van der Waals surface area contributed by atoms with Gasteiger partial charge in [0, 0.05) is 5.41 Å². The van der Waals surface area contributed by atoms with Gasteiger partial charge in [-0.15, -0.1) is 0 Å². The lowest BCUT2D eigenvalue weighted by molar-refractivity contribution is 0.732. The van der Waals surface area contributed by atoms with Crippen molar-refractivity contribution in [2.75, 3.05) is 0 Å². The highest BCUT2D eigenvalue weighted by Crippen LogP contribution is 2.54. The Hall–Kier alpha value is -1.82. The molecule has 0 saturated carbocycles. The maximum atomic E-state index is 4.21. The van der Waals surface area contributed by atoms with Gasteiger partial charge in [-0.1, -0.05) is 69.4 Å². The Balaban J connectivity index is 2.42. The standard InChI is InChI=1S/C24H32/c1-9-18(7)20-11-12-21(19(10-2)13-20)14-22(16(3)4)23-15-24(23,8)17(5)6/h11-15,18H,3,5,9-10H2,1-2,4,6-8H3/b22-14+. The van der Waals surface area contributed by atoms with E-state index in [1.165, 1.54) is 39.8 Å². The van der Waals surface area contributed by atoms with Crippen LogP contribution in [0.2, 0.25) is 0 Å². The van der Waals surface area contributed by atoms with E-state index in [1.807, 2.05) is 0 Å². The quantitative estimate of drug-likeness (QED) is 0.367. The van der Waals surface area contributed by atoms with Crippen LogP contribution in [0.3, 0.4) is 0 Å². The minimum absolute atomic E-state index is 0.0494. The molecule has 0 amide bonds. The van der Waals surface area contributed by atoms with Crippen LogP contribution in [-0.2, 0) is 6.42 Å². The molecule has 0 aromatic heterocycles. The number of hydrogen-bond acceptors (Lipinski definition) is 0. The van der Waals surface area contributed by atoms with Crippen LogP contribution in [0.5, 0.6) is 0 Å². The zero-order chi connectivity index (χ0) is 18.1. The highest BCUT2D eigenvalue weighted by molar-refractivity contribution is 5.74. The molecule has 2 rings (SSSR count). The van der Waals surface area contributed by atoms with Crippen molar-refractivity contribution in [3.63, 3.8) is 0 Å². The van der Waals surface area contributed by atoms with E-state index in [0.29, 0.717) is 5.92 Å². The smallest absolute Gasteiger partial charge is 0.0317 e.